The molecular weight excluding hydrogens is 334 g/mol. The van der Waals surface area contributed by atoms with Crippen LogP contribution in [0.2, 0.25) is 0 Å². The molecule has 2 rings (SSSR count). The number of amides is 1. The molecule has 3 N–H and O–H groups in total. The van der Waals surface area contributed by atoms with Crippen molar-refractivity contribution in [1.82, 2.24) is 5.32 Å². The zero-order valence-electron chi connectivity index (χ0n) is 16.4. The van der Waals surface area contributed by atoms with Gasteiger partial charge in [-0.3, -0.25) is 4.79 Å². The summed E-state index contributed by atoms with van der Waals surface area (Å²) in [5, 5.41) is 2.96. The van der Waals surface area contributed by atoms with Crippen LogP contribution in [0.1, 0.15) is 18.9 Å². The highest BCUT2D eigenvalue weighted by atomic mass is 16.5. The molecule has 1 heterocycles. The summed E-state index contributed by atoms with van der Waals surface area (Å²) in [5.74, 6) is 2.22. The maximum absolute atomic E-state index is 11.9. The number of benzene rings is 1. The van der Waals surface area contributed by atoms with Crippen molar-refractivity contribution in [3.8, 4) is 17.2 Å². The Kier molecular flexibility index (Phi) is 8.00. The quantitative estimate of drug-likeness (QED) is 0.498. The third-order valence-electron chi connectivity index (χ3n) is 4.87. The van der Waals surface area contributed by atoms with E-state index in [0.717, 1.165) is 57.0 Å². The standard InChI is InChI=1S/C19H31N3O4/c1-5-8-20-17(23)14-22-11-9-21(10-12-22)13-15-6-7-16(24-2)19(26-4)18(15)25-3/h6-7H,5,8-14H2,1-4H3,(H,20,23)/p+2. The smallest absolute Gasteiger partial charge is 0.275 e. The molecule has 0 unspecified atom stereocenters. The lowest BCUT2D eigenvalue weighted by Gasteiger charge is -2.29. The summed E-state index contributed by atoms with van der Waals surface area (Å²) in [6, 6.07) is 3.97. The average molecular weight is 367 g/mol. The van der Waals surface area contributed by atoms with Crippen molar-refractivity contribution < 1.29 is 28.8 Å². The van der Waals surface area contributed by atoms with E-state index in [1.54, 1.807) is 21.3 Å². The van der Waals surface area contributed by atoms with Gasteiger partial charge in [0.25, 0.3) is 5.91 Å². The van der Waals surface area contributed by atoms with E-state index in [1.165, 1.54) is 9.80 Å². The first-order chi connectivity index (χ1) is 12.6. The van der Waals surface area contributed by atoms with Crippen molar-refractivity contribution in [3.63, 3.8) is 0 Å². The lowest BCUT2D eigenvalue weighted by Crippen LogP contribution is -3.28. The molecule has 1 aromatic rings. The van der Waals surface area contributed by atoms with Crippen LogP contribution < -0.4 is 29.3 Å². The van der Waals surface area contributed by atoms with Gasteiger partial charge in [0, 0.05) is 6.54 Å². The summed E-state index contributed by atoms with van der Waals surface area (Å²) in [4.78, 5) is 14.7. The van der Waals surface area contributed by atoms with Crippen molar-refractivity contribution >= 4 is 5.91 Å². The molecule has 26 heavy (non-hydrogen) atoms. The van der Waals surface area contributed by atoms with Crippen molar-refractivity contribution in [2.45, 2.75) is 19.9 Å². The van der Waals surface area contributed by atoms with E-state index < -0.39 is 0 Å². The molecule has 0 aromatic heterocycles. The Morgan fingerprint density at radius 2 is 1.65 bits per heavy atom. The Balaban J connectivity index is 1.92. The van der Waals surface area contributed by atoms with Gasteiger partial charge in [0.15, 0.2) is 18.0 Å². The lowest BCUT2D eigenvalue weighted by atomic mass is 10.1. The molecule has 0 saturated carbocycles. The fraction of sp³-hybridized carbons (Fsp3) is 0.632. The molecule has 7 heteroatoms. The summed E-state index contributed by atoms with van der Waals surface area (Å²) in [7, 11) is 4.91. The Morgan fingerprint density at radius 3 is 2.23 bits per heavy atom. The molecule has 1 aromatic carbocycles. The summed E-state index contributed by atoms with van der Waals surface area (Å²) < 4.78 is 16.4. The number of rotatable bonds is 9. The van der Waals surface area contributed by atoms with E-state index >= 15 is 0 Å². The normalized spacial score (nSPS) is 19.7. The predicted molar refractivity (Wildman–Crippen MR) is 99.4 cm³/mol. The van der Waals surface area contributed by atoms with Crippen LogP contribution in [0.3, 0.4) is 0 Å². The Morgan fingerprint density at radius 1 is 1.00 bits per heavy atom. The third kappa shape index (κ3) is 5.25. The van der Waals surface area contributed by atoms with Gasteiger partial charge in [-0.15, -0.1) is 0 Å². The fourth-order valence-electron chi connectivity index (χ4n) is 3.44. The minimum atomic E-state index is 0.159. The molecule has 0 atom stereocenters. The highest BCUT2D eigenvalue weighted by molar-refractivity contribution is 5.76. The molecule has 1 aliphatic rings. The fourth-order valence-corrected chi connectivity index (χ4v) is 3.44. The number of carbonyl (C=O) groups is 1. The van der Waals surface area contributed by atoms with Gasteiger partial charge in [0.05, 0.1) is 26.9 Å². The van der Waals surface area contributed by atoms with Crippen LogP contribution in [0, 0.1) is 0 Å². The third-order valence-corrected chi connectivity index (χ3v) is 4.87. The highest BCUT2D eigenvalue weighted by Crippen LogP contribution is 2.39. The monoisotopic (exact) mass is 367 g/mol. The lowest BCUT2D eigenvalue weighted by molar-refractivity contribution is -1.02. The molecule has 1 aliphatic heterocycles. The minimum Gasteiger partial charge on any atom is -0.493 e. The maximum Gasteiger partial charge on any atom is 0.275 e. The van der Waals surface area contributed by atoms with Crippen LogP contribution in [-0.2, 0) is 11.3 Å². The second-order valence-electron chi connectivity index (χ2n) is 6.70. The van der Waals surface area contributed by atoms with Crippen LogP contribution in [0.15, 0.2) is 12.1 Å². The Labute approximate surface area is 156 Å². The molecule has 1 fully saturated rings. The minimum absolute atomic E-state index is 0.159. The maximum atomic E-state index is 11.9. The first-order valence-corrected chi connectivity index (χ1v) is 9.34. The number of quaternary nitrogens is 2. The molecule has 1 amide bonds. The van der Waals surface area contributed by atoms with Gasteiger partial charge >= 0.3 is 0 Å². The van der Waals surface area contributed by atoms with Crippen molar-refractivity contribution in [2.75, 3.05) is 60.6 Å². The van der Waals surface area contributed by atoms with Crippen LogP contribution in [0.25, 0.3) is 0 Å². The molecule has 0 bridgehead atoms. The van der Waals surface area contributed by atoms with Gasteiger partial charge in [-0.05, 0) is 18.6 Å². The SMILES string of the molecule is CCCNC(=O)C[NH+]1CC[NH+](Cc2ccc(OC)c(OC)c2OC)CC1. The molecule has 0 spiro atoms. The summed E-state index contributed by atoms with van der Waals surface area (Å²) >= 11 is 0. The number of nitrogens with one attached hydrogen (secondary N) is 3. The van der Waals surface area contributed by atoms with Gasteiger partial charge in [0.2, 0.25) is 5.75 Å². The number of piperazine rings is 1. The number of ether oxygens (including phenoxy) is 3. The zero-order chi connectivity index (χ0) is 18.9. The number of methoxy groups -OCH3 is 3. The van der Waals surface area contributed by atoms with E-state index in [1.807, 2.05) is 12.1 Å². The summed E-state index contributed by atoms with van der Waals surface area (Å²) in [6.45, 7) is 8.36. The van der Waals surface area contributed by atoms with E-state index in [2.05, 4.69) is 12.2 Å². The van der Waals surface area contributed by atoms with E-state index in [0.29, 0.717) is 18.0 Å². The first kappa shape index (κ1) is 20.3. The molecule has 7 nitrogen and oxygen atoms in total. The zero-order valence-corrected chi connectivity index (χ0v) is 16.4. The highest BCUT2D eigenvalue weighted by Gasteiger charge is 2.26. The summed E-state index contributed by atoms with van der Waals surface area (Å²) in [6.07, 6.45) is 0.978. The van der Waals surface area contributed by atoms with E-state index in [9.17, 15) is 4.79 Å². The largest absolute Gasteiger partial charge is 0.493 e. The van der Waals surface area contributed by atoms with Crippen LogP contribution in [0.4, 0.5) is 0 Å². The van der Waals surface area contributed by atoms with Gasteiger partial charge in [-0.25, -0.2) is 0 Å². The second-order valence-corrected chi connectivity index (χ2v) is 6.70. The molecule has 1 saturated heterocycles. The van der Waals surface area contributed by atoms with E-state index in [4.69, 9.17) is 14.2 Å². The Hall–Kier alpha value is -1.99. The van der Waals surface area contributed by atoms with Gasteiger partial charge in [0.1, 0.15) is 32.7 Å². The van der Waals surface area contributed by atoms with Crippen molar-refractivity contribution in [3.05, 3.63) is 17.7 Å². The number of hydrogen-bond donors (Lipinski definition) is 3. The molecule has 0 radical (unpaired) electrons. The number of hydrogen-bond acceptors (Lipinski definition) is 4. The van der Waals surface area contributed by atoms with E-state index in [-0.39, 0.29) is 5.91 Å². The van der Waals surface area contributed by atoms with Gasteiger partial charge in [-0.2, -0.15) is 0 Å². The topological polar surface area (TPSA) is 65.7 Å². The molecule has 0 aliphatic carbocycles. The average Bonchev–Trinajstić information content (AvgIpc) is 2.67. The van der Waals surface area contributed by atoms with Crippen LogP contribution in [0.5, 0.6) is 17.2 Å². The predicted octanol–water partition coefficient (Wildman–Crippen LogP) is -1.48. The number of carbonyl (C=O) groups excluding carboxylic acids is 1. The van der Waals surface area contributed by atoms with Crippen molar-refractivity contribution in [1.29, 1.82) is 0 Å². The van der Waals surface area contributed by atoms with Crippen molar-refractivity contribution in [2.24, 2.45) is 0 Å². The summed E-state index contributed by atoms with van der Waals surface area (Å²) in [5.41, 5.74) is 1.12. The second kappa shape index (κ2) is 10.2. The van der Waals surface area contributed by atoms with Crippen LogP contribution in [-0.4, -0.2) is 66.5 Å². The van der Waals surface area contributed by atoms with Gasteiger partial charge < -0.3 is 29.3 Å². The van der Waals surface area contributed by atoms with Crippen LogP contribution >= 0.6 is 0 Å². The molecule has 146 valence electrons. The molecular formula is C19H33N3O4+2. The first-order valence-electron chi connectivity index (χ1n) is 9.34. The Bertz CT molecular complexity index is 586. The van der Waals surface area contributed by atoms with Gasteiger partial charge in [-0.1, -0.05) is 6.92 Å².